The zero-order valence-electron chi connectivity index (χ0n) is 13.9. The fourth-order valence-corrected chi connectivity index (χ4v) is 3.18. The van der Waals surface area contributed by atoms with E-state index in [9.17, 15) is 0 Å². The molecule has 0 fully saturated rings. The number of hydrogen-bond acceptors (Lipinski definition) is 0. The third-order valence-corrected chi connectivity index (χ3v) is 4.25. The molecular weight excluding hydrogens is 266 g/mol. The lowest BCUT2D eigenvalue weighted by atomic mass is 9.96. The van der Waals surface area contributed by atoms with E-state index in [0.717, 1.165) is 6.42 Å². The van der Waals surface area contributed by atoms with E-state index in [2.05, 4.69) is 87.1 Å². The van der Waals surface area contributed by atoms with Crippen molar-refractivity contribution in [3.63, 3.8) is 0 Å². The number of benzene rings is 2. The van der Waals surface area contributed by atoms with Crippen molar-refractivity contribution >= 4 is 10.8 Å². The largest absolute Gasteiger partial charge is 0.220 e. The van der Waals surface area contributed by atoms with Crippen LogP contribution in [0.4, 0.5) is 0 Å². The topological polar surface area (TPSA) is 3.88 Å². The molecule has 1 nitrogen and oxygen atoms in total. The molecule has 22 heavy (non-hydrogen) atoms. The Morgan fingerprint density at radius 3 is 2.50 bits per heavy atom. The molecule has 3 rings (SSSR count). The molecule has 0 spiro atoms. The molecule has 2 aromatic carbocycles. The summed E-state index contributed by atoms with van der Waals surface area (Å²) in [7, 11) is 2.14. The molecule has 0 saturated carbocycles. The number of pyridine rings is 1. The van der Waals surface area contributed by atoms with Gasteiger partial charge in [0.05, 0.1) is 5.39 Å². The Morgan fingerprint density at radius 1 is 1.00 bits per heavy atom. The zero-order chi connectivity index (χ0) is 15.7. The second kappa shape index (κ2) is 5.92. The highest BCUT2D eigenvalue weighted by atomic mass is 14.9. The van der Waals surface area contributed by atoms with Crippen molar-refractivity contribution in [2.75, 3.05) is 0 Å². The van der Waals surface area contributed by atoms with Crippen LogP contribution in [0.25, 0.3) is 22.0 Å². The summed E-state index contributed by atoms with van der Waals surface area (Å²) in [6.07, 6.45) is 3.29. The van der Waals surface area contributed by atoms with Crippen LogP contribution in [0.5, 0.6) is 0 Å². The summed E-state index contributed by atoms with van der Waals surface area (Å²) in [4.78, 5) is 0. The monoisotopic (exact) mass is 290 g/mol. The zero-order valence-corrected chi connectivity index (χ0v) is 13.9. The Balaban J connectivity index is 2.28. The summed E-state index contributed by atoms with van der Waals surface area (Å²) < 4.78 is 2.24. The Labute approximate surface area is 133 Å². The first-order chi connectivity index (χ1) is 10.6. The maximum absolute atomic E-state index is 2.37. The van der Waals surface area contributed by atoms with Gasteiger partial charge in [0.15, 0.2) is 6.20 Å². The predicted octanol–water partition coefficient (Wildman–Crippen LogP) is 4.84. The van der Waals surface area contributed by atoms with Crippen molar-refractivity contribution in [2.24, 2.45) is 13.0 Å². The molecule has 1 aromatic heterocycles. The molecule has 0 aliphatic rings. The van der Waals surface area contributed by atoms with Crippen LogP contribution in [-0.4, -0.2) is 0 Å². The molecule has 0 bridgehead atoms. The van der Waals surface area contributed by atoms with Crippen molar-refractivity contribution in [2.45, 2.75) is 27.2 Å². The van der Waals surface area contributed by atoms with Gasteiger partial charge in [-0.2, -0.15) is 0 Å². The molecule has 3 aromatic rings. The lowest BCUT2D eigenvalue weighted by Crippen LogP contribution is -2.30. The van der Waals surface area contributed by atoms with E-state index in [1.807, 2.05) is 0 Å². The third kappa shape index (κ3) is 2.76. The summed E-state index contributed by atoms with van der Waals surface area (Å²) >= 11 is 0. The molecule has 0 unspecified atom stereocenters. The molecule has 0 aliphatic heterocycles. The van der Waals surface area contributed by atoms with Crippen LogP contribution < -0.4 is 4.57 Å². The van der Waals surface area contributed by atoms with Gasteiger partial charge in [0.2, 0.25) is 5.69 Å². The Bertz CT molecular complexity index is 815. The van der Waals surface area contributed by atoms with Crippen LogP contribution in [0.2, 0.25) is 0 Å². The maximum atomic E-state index is 2.37. The Morgan fingerprint density at radius 2 is 1.77 bits per heavy atom. The molecule has 0 amide bonds. The van der Waals surface area contributed by atoms with Crippen molar-refractivity contribution in [3.05, 3.63) is 65.9 Å². The van der Waals surface area contributed by atoms with Crippen LogP contribution in [-0.2, 0) is 13.5 Å². The molecular formula is C21H24N+. The Hall–Kier alpha value is -2.15. The van der Waals surface area contributed by atoms with Crippen LogP contribution >= 0.6 is 0 Å². The second-order valence-electron chi connectivity index (χ2n) is 6.61. The number of aryl methyl sites for hydroxylation is 2. The average molecular weight is 290 g/mol. The Kier molecular flexibility index (Phi) is 3.98. The average Bonchev–Trinajstić information content (AvgIpc) is 2.48. The van der Waals surface area contributed by atoms with Crippen molar-refractivity contribution < 1.29 is 4.57 Å². The lowest BCUT2D eigenvalue weighted by Gasteiger charge is -2.10. The van der Waals surface area contributed by atoms with E-state index in [1.54, 1.807) is 0 Å². The van der Waals surface area contributed by atoms with E-state index >= 15 is 0 Å². The summed E-state index contributed by atoms with van der Waals surface area (Å²) in [5.41, 5.74) is 5.36. The van der Waals surface area contributed by atoms with Gasteiger partial charge in [-0.25, -0.2) is 4.57 Å². The van der Waals surface area contributed by atoms with Gasteiger partial charge in [-0.3, -0.25) is 0 Å². The number of fused-ring (bicyclic) bond motifs is 1. The number of nitrogens with zero attached hydrogens (tertiary/aromatic N) is 1. The maximum Gasteiger partial charge on any atom is 0.220 e. The quantitative estimate of drug-likeness (QED) is 0.608. The van der Waals surface area contributed by atoms with Gasteiger partial charge in [0, 0.05) is 11.6 Å². The van der Waals surface area contributed by atoms with Crippen LogP contribution in [0.1, 0.15) is 25.0 Å². The van der Waals surface area contributed by atoms with E-state index in [-0.39, 0.29) is 0 Å². The van der Waals surface area contributed by atoms with E-state index in [1.165, 1.54) is 33.2 Å². The molecule has 0 N–H and O–H groups in total. The first kappa shape index (κ1) is 14.8. The van der Waals surface area contributed by atoms with Crippen LogP contribution in [0.15, 0.2) is 54.7 Å². The molecule has 1 heterocycles. The van der Waals surface area contributed by atoms with Crippen LogP contribution in [0, 0.1) is 12.8 Å². The molecule has 0 atom stereocenters. The minimum atomic E-state index is 0.678. The summed E-state index contributed by atoms with van der Waals surface area (Å²) in [6, 6.07) is 17.7. The highest BCUT2D eigenvalue weighted by Gasteiger charge is 2.17. The molecule has 112 valence electrons. The summed E-state index contributed by atoms with van der Waals surface area (Å²) in [5, 5.41) is 2.65. The molecule has 0 aliphatic carbocycles. The van der Waals surface area contributed by atoms with Gasteiger partial charge in [0.25, 0.3) is 0 Å². The van der Waals surface area contributed by atoms with Crippen molar-refractivity contribution in [1.82, 2.24) is 0 Å². The van der Waals surface area contributed by atoms with Gasteiger partial charge in [0.1, 0.15) is 7.05 Å². The minimum absolute atomic E-state index is 0.678. The van der Waals surface area contributed by atoms with Gasteiger partial charge >= 0.3 is 0 Å². The van der Waals surface area contributed by atoms with Crippen molar-refractivity contribution in [3.8, 4) is 11.3 Å². The standard InChI is InChI=1S/C21H24N/c1-15(2)13-17-9-10-18-11-12-22(4)21(20(18)14-17)19-8-6-5-7-16(19)3/h5-12,14-15H,13H2,1-4H3/q+1. The van der Waals surface area contributed by atoms with Gasteiger partial charge in [-0.15, -0.1) is 0 Å². The second-order valence-corrected chi connectivity index (χ2v) is 6.61. The molecule has 1 heteroatoms. The molecule has 0 saturated heterocycles. The van der Waals surface area contributed by atoms with Gasteiger partial charge in [-0.1, -0.05) is 44.2 Å². The first-order valence-electron chi connectivity index (χ1n) is 8.03. The van der Waals surface area contributed by atoms with Crippen molar-refractivity contribution in [1.29, 1.82) is 0 Å². The highest BCUT2D eigenvalue weighted by Crippen LogP contribution is 2.28. The first-order valence-corrected chi connectivity index (χ1v) is 8.03. The SMILES string of the molecule is Cc1ccccc1-c1c2cc(CC(C)C)ccc2cc[n+]1C. The fourth-order valence-electron chi connectivity index (χ4n) is 3.18. The number of hydrogen-bond donors (Lipinski definition) is 0. The highest BCUT2D eigenvalue weighted by molar-refractivity contribution is 5.94. The van der Waals surface area contributed by atoms with E-state index in [0.29, 0.717) is 5.92 Å². The molecule has 0 radical (unpaired) electrons. The normalized spacial score (nSPS) is 11.3. The fraction of sp³-hybridized carbons (Fsp3) is 0.286. The number of rotatable bonds is 3. The minimum Gasteiger partial charge on any atom is -0.200 e. The lowest BCUT2D eigenvalue weighted by molar-refractivity contribution is -0.659. The third-order valence-electron chi connectivity index (χ3n) is 4.25. The van der Waals surface area contributed by atoms with E-state index < -0.39 is 0 Å². The smallest absolute Gasteiger partial charge is 0.200 e. The number of aromatic nitrogens is 1. The van der Waals surface area contributed by atoms with E-state index in [4.69, 9.17) is 0 Å². The summed E-state index contributed by atoms with van der Waals surface area (Å²) in [5.74, 6) is 0.678. The van der Waals surface area contributed by atoms with Gasteiger partial charge in [-0.05, 0) is 47.9 Å². The van der Waals surface area contributed by atoms with Gasteiger partial charge < -0.3 is 0 Å². The van der Waals surface area contributed by atoms with Crippen LogP contribution in [0.3, 0.4) is 0 Å². The summed E-state index contributed by atoms with van der Waals surface area (Å²) in [6.45, 7) is 6.74. The predicted molar refractivity (Wildman–Crippen MR) is 93.8 cm³/mol.